The smallest absolute Gasteiger partial charge is 0.0907 e. The Hall–Kier alpha value is -1.08. The number of rotatable bonds is 6. The van der Waals surface area contributed by atoms with Gasteiger partial charge in [-0.1, -0.05) is 83.2 Å². The van der Waals surface area contributed by atoms with Gasteiger partial charge in [0, 0.05) is 5.92 Å². The van der Waals surface area contributed by atoms with Crippen molar-refractivity contribution >= 4 is 5.57 Å². The van der Waals surface area contributed by atoms with Crippen LogP contribution in [-0.2, 0) is 4.74 Å². The normalized spacial score (nSPS) is 41.3. The third kappa shape index (κ3) is 3.06. The van der Waals surface area contributed by atoms with Crippen LogP contribution in [0.25, 0.3) is 5.57 Å². The number of hydrogen-bond donors (Lipinski definition) is 0. The summed E-state index contributed by atoms with van der Waals surface area (Å²) in [4.78, 5) is 0. The first-order valence-electron chi connectivity index (χ1n) is 12.4. The molecule has 0 N–H and O–H groups in total. The molecule has 7 atom stereocenters. The van der Waals surface area contributed by atoms with Gasteiger partial charge < -0.3 is 4.74 Å². The second-order valence-corrected chi connectivity index (χ2v) is 11.3. The molecule has 6 rings (SSSR count). The summed E-state index contributed by atoms with van der Waals surface area (Å²) in [6, 6.07) is 11.3. The first-order valence-corrected chi connectivity index (χ1v) is 12.4. The summed E-state index contributed by atoms with van der Waals surface area (Å²) < 4.78 is 7.29. The van der Waals surface area contributed by atoms with Crippen molar-refractivity contribution in [3.63, 3.8) is 0 Å². The monoisotopic (exact) mass is 392 g/mol. The lowest BCUT2D eigenvalue weighted by Crippen LogP contribution is -2.62. The molecule has 1 nitrogen and oxygen atoms in total. The van der Waals surface area contributed by atoms with Crippen molar-refractivity contribution in [2.45, 2.75) is 90.3 Å². The second-order valence-electron chi connectivity index (χ2n) is 11.3. The summed E-state index contributed by atoms with van der Waals surface area (Å²) in [6.07, 6.45) is 13.5. The molecule has 2 aliphatic heterocycles. The fourth-order valence-electron chi connectivity index (χ4n) is 8.00. The van der Waals surface area contributed by atoms with E-state index in [0.717, 1.165) is 23.7 Å². The summed E-state index contributed by atoms with van der Waals surface area (Å²) in [6.45, 7) is 9.75. The van der Waals surface area contributed by atoms with Gasteiger partial charge in [0.2, 0.25) is 0 Å². The van der Waals surface area contributed by atoms with Crippen LogP contribution in [0.1, 0.15) is 84.6 Å². The third-order valence-electron chi connectivity index (χ3n) is 9.16. The van der Waals surface area contributed by atoms with Gasteiger partial charge in [0.1, 0.15) is 0 Å². The van der Waals surface area contributed by atoms with E-state index in [1.54, 1.807) is 5.57 Å². The van der Waals surface area contributed by atoms with Crippen molar-refractivity contribution in [1.82, 2.24) is 0 Å². The van der Waals surface area contributed by atoms with Gasteiger partial charge in [-0.25, -0.2) is 0 Å². The minimum absolute atomic E-state index is 0.0179. The van der Waals surface area contributed by atoms with Crippen LogP contribution in [0.4, 0.5) is 0 Å². The zero-order valence-corrected chi connectivity index (χ0v) is 19.0. The molecular formula is C28H40O. The maximum atomic E-state index is 7.29. The van der Waals surface area contributed by atoms with E-state index >= 15 is 0 Å². The molecule has 0 aromatic heterocycles. The lowest BCUT2D eigenvalue weighted by molar-refractivity contribution is -0.234. The molecule has 2 saturated carbocycles. The average molecular weight is 393 g/mol. The molecule has 1 saturated heterocycles. The average Bonchev–Trinajstić information content (AvgIpc) is 2.96. The molecule has 5 aliphatic rings. The van der Waals surface area contributed by atoms with Crippen molar-refractivity contribution in [2.75, 3.05) is 0 Å². The summed E-state index contributed by atoms with van der Waals surface area (Å²) in [7, 11) is 0. The zero-order valence-electron chi connectivity index (χ0n) is 19.0. The molecule has 1 aromatic rings. The van der Waals surface area contributed by atoms with Crippen molar-refractivity contribution in [1.29, 1.82) is 0 Å². The molecule has 158 valence electrons. The van der Waals surface area contributed by atoms with Gasteiger partial charge in [-0.15, -0.1) is 0 Å². The molecule has 2 heterocycles. The summed E-state index contributed by atoms with van der Waals surface area (Å²) in [5.41, 5.74) is 3.12. The molecule has 3 aliphatic carbocycles. The van der Waals surface area contributed by atoms with Gasteiger partial charge in [-0.05, 0) is 73.0 Å². The molecular weight excluding hydrogens is 352 g/mol. The molecule has 7 unspecified atom stereocenters. The molecule has 29 heavy (non-hydrogen) atoms. The molecule has 1 spiro atoms. The quantitative estimate of drug-likeness (QED) is 0.486. The van der Waals surface area contributed by atoms with Gasteiger partial charge in [0.05, 0.1) is 11.2 Å². The van der Waals surface area contributed by atoms with Crippen molar-refractivity contribution in [2.24, 2.45) is 35.5 Å². The van der Waals surface area contributed by atoms with Gasteiger partial charge in [-0.2, -0.15) is 0 Å². The van der Waals surface area contributed by atoms with Gasteiger partial charge in [0.25, 0.3) is 0 Å². The standard InChI is InChI=1S/C28H40O/c1-19(2)11-10-12-20(3)25-17-22-24-15-8-9-16-28(24)18-23(21-13-6-5-7-14-21)26(22)27(25,4)29-28/h5-7,13-14,18-20,22,24-26H,8-12,15-17H2,1-4H3. The fraction of sp³-hybridized carbons (Fsp3) is 0.714. The van der Waals surface area contributed by atoms with Crippen molar-refractivity contribution in [3.8, 4) is 0 Å². The van der Waals surface area contributed by atoms with Crippen LogP contribution in [0.15, 0.2) is 36.4 Å². The Morgan fingerprint density at radius 3 is 2.62 bits per heavy atom. The van der Waals surface area contributed by atoms with Crippen LogP contribution >= 0.6 is 0 Å². The first-order chi connectivity index (χ1) is 13.9. The summed E-state index contributed by atoms with van der Waals surface area (Å²) in [5, 5.41) is 0. The van der Waals surface area contributed by atoms with E-state index in [1.807, 2.05) is 0 Å². The Morgan fingerprint density at radius 2 is 1.86 bits per heavy atom. The highest BCUT2D eigenvalue weighted by Crippen LogP contribution is 2.69. The molecule has 0 amide bonds. The lowest BCUT2D eigenvalue weighted by atomic mass is 9.55. The van der Waals surface area contributed by atoms with Crippen LogP contribution in [-0.4, -0.2) is 11.2 Å². The van der Waals surface area contributed by atoms with E-state index in [1.165, 1.54) is 56.9 Å². The van der Waals surface area contributed by atoms with E-state index in [4.69, 9.17) is 4.74 Å². The Bertz CT molecular complexity index is 764. The molecule has 4 bridgehead atoms. The van der Waals surface area contributed by atoms with E-state index < -0.39 is 0 Å². The van der Waals surface area contributed by atoms with Crippen molar-refractivity contribution in [3.05, 3.63) is 42.0 Å². The van der Waals surface area contributed by atoms with Crippen molar-refractivity contribution < 1.29 is 4.74 Å². The zero-order chi connectivity index (χ0) is 20.2. The molecule has 1 aromatic carbocycles. The third-order valence-corrected chi connectivity index (χ3v) is 9.16. The molecule has 0 radical (unpaired) electrons. The topological polar surface area (TPSA) is 9.23 Å². The Balaban J connectivity index is 1.50. The van der Waals surface area contributed by atoms with Gasteiger partial charge in [-0.3, -0.25) is 0 Å². The predicted molar refractivity (Wildman–Crippen MR) is 122 cm³/mol. The number of benzene rings is 1. The van der Waals surface area contributed by atoms with E-state index in [-0.39, 0.29) is 11.2 Å². The Kier molecular flexibility index (Phi) is 4.97. The maximum absolute atomic E-state index is 7.29. The number of hydrogen-bond acceptors (Lipinski definition) is 1. The van der Waals surface area contributed by atoms with Crippen LogP contribution < -0.4 is 0 Å². The number of ether oxygens (including phenoxy) is 1. The predicted octanol–water partition coefficient (Wildman–Crippen LogP) is 7.52. The minimum atomic E-state index is 0.0179. The van der Waals surface area contributed by atoms with Crippen LogP contribution in [0.5, 0.6) is 0 Å². The van der Waals surface area contributed by atoms with Gasteiger partial charge in [0.15, 0.2) is 0 Å². The summed E-state index contributed by atoms with van der Waals surface area (Å²) in [5.74, 6) is 4.47. The first kappa shape index (κ1) is 19.9. The minimum Gasteiger partial charge on any atom is -0.363 e. The van der Waals surface area contributed by atoms with E-state index in [2.05, 4.69) is 64.1 Å². The Labute approximate surface area is 178 Å². The van der Waals surface area contributed by atoms with Crippen LogP contribution in [0.3, 0.4) is 0 Å². The highest BCUT2D eigenvalue weighted by Gasteiger charge is 2.69. The Morgan fingerprint density at radius 1 is 1.07 bits per heavy atom. The maximum Gasteiger partial charge on any atom is 0.0907 e. The van der Waals surface area contributed by atoms with E-state index in [0.29, 0.717) is 11.8 Å². The van der Waals surface area contributed by atoms with E-state index in [9.17, 15) is 0 Å². The largest absolute Gasteiger partial charge is 0.363 e. The fourth-order valence-corrected chi connectivity index (χ4v) is 8.00. The van der Waals surface area contributed by atoms with Crippen LogP contribution in [0.2, 0.25) is 0 Å². The molecule has 1 heteroatoms. The van der Waals surface area contributed by atoms with Gasteiger partial charge >= 0.3 is 0 Å². The highest BCUT2D eigenvalue weighted by molar-refractivity contribution is 5.73. The highest BCUT2D eigenvalue weighted by atomic mass is 16.5. The SMILES string of the molecule is CC(C)CCCC(C)C1CC2C3CCCCC34C=C(c3ccccc3)C2C1(C)O4. The summed E-state index contributed by atoms with van der Waals surface area (Å²) >= 11 is 0. The second kappa shape index (κ2) is 7.26. The molecule has 3 fully saturated rings. The lowest BCUT2D eigenvalue weighted by Gasteiger charge is -2.61. The van der Waals surface area contributed by atoms with Crippen LogP contribution in [0, 0.1) is 35.5 Å².